The number of aromatic amines is 1. The van der Waals surface area contributed by atoms with Gasteiger partial charge in [0.15, 0.2) is 0 Å². The van der Waals surface area contributed by atoms with Gasteiger partial charge in [-0.2, -0.15) is 13.2 Å². The lowest BCUT2D eigenvalue weighted by atomic mass is 10.1. The van der Waals surface area contributed by atoms with Crippen molar-refractivity contribution in [2.75, 3.05) is 36.2 Å². The number of methoxy groups -OCH3 is 1. The number of fused-ring (bicyclic) bond motifs is 1. The highest BCUT2D eigenvalue weighted by Crippen LogP contribution is 2.33. The molecule has 0 bridgehead atoms. The first kappa shape index (κ1) is 27.9. The molecule has 4 aromatic rings. The van der Waals surface area contributed by atoms with Crippen molar-refractivity contribution in [3.63, 3.8) is 0 Å². The van der Waals surface area contributed by atoms with Crippen LogP contribution < -0.4 is 16.0 Å². The van der Waals surface area contributed by atoms with Gasteiger partial charge in [-0.3, -0.25) is 9.59 Å². The monoisotopic (exact) mass is 559 g/mol. The summed E-state index contributed by atoms with van der Waals surface area (Å²) in [5.41, 5.74) is 0.397. The second-order valence-electron chi connectivity index (χ2n) is 8.64. The summed E-state index contributed by atoms with van der Waals surface area (Å²) in [4.78, 5) is 33.8. The van der Waals surface area contributed by atoms with E-state index in [-0.39, 0.29) is 11.3 Å². The summed E-state index contributed by atoms with van der Waals surface area (Å²) in [7, 11) is 1.59. The van der Waals surface area contributed by atoms with E-state index in [1.54, 1.807) is 32.2 Å². The zero-order chi connectivity index (χ0) is 28.2. The van der Waals surface area contributed by atoms with Gasteiger partial charge in [0.05, 0.1) is 22.2 Å². The largest absolute Gasteiger partial charge is 0.417 e. The topological polar surface area (TPSA) is 108 Å². The van der Waals surface area contributed by atoms with Gasteiger partial charge in [-0.25, -0.2) is 4.98 Å². The first-order valence-electron chi connectivity index (χ1n) is 11.9. The van der Waals surface area contributed by atoms with Gasteiger partial charge in [-0.15, -0.1) is 0 Å². The number of aromatic nitrogens is 2. The van der Waals surface area contributed by atoms with Gasteiger partial charge in [0.2, 0.25) is 5.95 Å². The van der Waals surface area contributed by atoms with Crippen molar-refractivity contribution < 1.29 is 27.5 Å². The maximum atomic E-state index is 13.5. The molecule has 1 heterocycles. The number of imidazole rings is 1. The first-order chi connectivity index (χ1) is 18.6. The van der Waals surface area contributed by atoms with Crippen molar-refractivity contribution in [2.45, 2.75) is 19.5 Å². The summed E-state index contributed by atoms with van der Waals surface area (Å²) in [6.07, 6.45) is -4.01. The van der Waals surface area contributed by atoms with Gasteiger partial charge >= 0.3 is 6.18 Å². The van der Waals surface area contributed by atoms with E-state index in [2.05, 4.69) is 25.9 Å². The van der Waals surface area contributed by atoms with Crippen LogP contribution in [0.4, 0.5) is 30.5 Å². The maximum absolute atomic E-state index is 13.5. The number of hydrogen-bond acceptors (Lipinski definition) is 5. The number of amides is 2. The molecule has 12 heteroatoms. The third kappa shape index (κ3) is 6.50. The summed E-state index contributed by atoms with van der Waals surface area (Å²) in [6, 6.07) is 12.4. The zero-order valence-corrected chi connectivity index (χ0v) is 21.8. The van der Waals surface area contributed by atoms with E-state index in [0.29, 0.717) is 52.8 Å². The van der Waals surface area contributed by atoms with E-state index < -0.39 is 29.1 Å². The molecule has 0 spiro atoms. The Morgan fingerprint density at radius 2 is 1.77 bits per heavy atom. The van der Waals surface area contributed by atoms with Crippen LogP contribution in [0.5, 0.6) is 0 Å². The number of hydrogen-bond donors (Lipinski definition) is 4. The average Bonchev–Trinajstić information content (AvgIpc) is 3.31. The van der Waals surface area contributed by atoms with Crippen molar-refractivity contribution >= 4 is 51.8 Å². The van der Waals surface area contributed by atoms with Crippen molar-refractivity contribution in [3.05, 3.63) is 81.9 Å². The molecule has 0 aliphatic heterocycles. The molecule has 2 amide bonds. The van der Waals surface area contributed by atoms with Crippen LogP contribution in [0.2, 0.25) is 5.02 Å². The van der Waals surface area contributed by atoms with E-state index in [1.165, 1.54) is 24.3 Å². The molecule has 0 fully saturated rings. The SMILES string of the molecule is COCCCNc1nc2c(C(=O)Nc3cccc(Cl)c3C)cc(NC(=O)c3ccccc3C(F)(F)F)cc2[nH]1. The van der Waals surface area contributed by atoms with Gasteiger partial charge in [0, 0.05) is 36.7 Å². The van der Waals surface area contributed by atoms with E-state index in [9.17, 15) is 22.8 Å². The number of benzene rings is 3. The lowest BCUT2D eigenvalue weighted by Gasteiger charge is -2.14. The highest BCUT2D eigenvalue weighted by molar-refractivity contribution is 6.31. The standard InChI is InChI=1S/C27H25ClF3N5O3/c1-15-20(28)9-5-10-21(15)34-25(38)18-13-16(14-22-23(18)36-26(35-22)32-11-6-12-39-2)33-24(37)17-7-3-4-8-19(17)27(29,30)31/h3-5,7-10,13-14H,6,11-12H2,1-2H3,(H,33,37)(H,34,38)(H2,32,35,36). The highest BCUT2D eigenvalue weighted by Gasteiger charge is 2.35. The predicted octanol–water partition coefficient (Wildman–Crippen LogP) is 6.50. The molecule has 1 aromatic heterocycles. The fourth-order valence-corrected chi connectivity index (χ4v) is 4.10. The Morgan fingerprint density at radius 1 is 1.03 bits per heavy atom. The number of halogens is 4. The fraction of sp³-hybridized carbons (Fsp3) is 0.222. The molecule has 4 rings (SSSR count). The van der Waals surface area contributed by atoms with E-state index in [0.717, 1.165) is 12.1 Å². The lowest BCUT2D eigenvalue weighted by Crippen LogP contribution is -2.19. The Balaban J connectivity index is 1.71. The van der Waals surface area contributed by atoms with Crippen LogP contribution in [0.15, 0.2) is 54.6 Å². The summed E-state index contributed by atoms with van der Waals surface area (Å²) in [5, 5.41) is 8.85. The molecule has 4 N–H and O–H groups in total. The van der Waals surface area contributed by atoms with Gasteiger partial charge < -0.3 is 25.7 Å². The molecule has 0 aliphatic carbocycles. The van der Waals surface area contributed by atoms with Crippen LogP contribution >= 0.6 is 11.6 Å². The van der Waals surface area contributed by atoms with Crippen LogP contribution in [0, 0.1) is 6.92 Å². The summed E-state index contributed by atoms with van der Waals surface area (Å²) < 4.78 is 45.5. The number of carbonyl (C=O) groups excluding carboxylic acids is 2. The highest BCUT2D eigenvalue weighted by atomic mass is 35.5. The molecule has 0 radical (unpaired) electrons. The number of rotatable bonds is 9. The third-order valence-electron chi connectivity index (χ3n) is 5.90. The molecule has 8 nitrogen and oxygen atoms in total. The normalized spacial score (nSPS) is 11.4. The third-order valence-corrected chi connectivity index (χ3v) is 6.31. The quantitative estimate of drug-likeness (QED) is 0.175. The molecule has 0 unspecified atom stereocenters. The molecule has 0 saturated heterocycles. The molecule has 204 valence electrons. The predicted molar refractivity (Wildman–Crippen MR) is 145 cm³/mol. The van der Waals surface area contributed by atoms with Gasteiger partial charge in [-0.05, 0) is 55.3 Å². The smallest absolute Gasteiger partial charge is 0.385 e. The van der Waals surface area contributed by atoms with Crippen LogP contribution in [0.25, 0.3) is 11.0 Å². The number of carbonyl (C=O) groups is 2. The average molecular weight is 560 g/mol. The van der Waals surface area contributed by atoms with E-state index in [1.807, 2.05) is 0 Å². The molecule has 0 aliphatic rings. The Kier molecular flexibility index (Phi) is 8.41. The number of H-pyrrole nitrogens is 1. The van der Waals surface area contributed by atoms with Crippen molar-refractivity contribution in [1.82, 2.24) is 9.97 Å². The van der Waals surface area contributed by atoms with Crippen LogP contribution in [0.3, 0.4) is 0 Å². The van der Waals surface area contributed by atoms with Crippen molar-refractivity contribution in [3.8, 4) is 0 Å². The van der Waals surface area contributed by atoms with E-state index in [4.69, 9.17) is 16.3 Å². The number of nitrogens with one attached hydrogen (secondary N) is 4. The Hall–Kier alpha value is -4.09. The van der Waals surface area contributed by atoms with Crippen LogP contribution in [0.1, 0.15) is 38.3 Å². The maximum Gasteiger partial charge on any atom is 0.417 e. The van der Waals surface area contributed by atoms with Gasteiger partial charge in [0.25, 0.3) is 11.8 Å². The van der Waals surface area contributed by atoms with Crippen LogP contribution in [-0.4, -0.2) is 42.0 Å². The number of nitrogens with zero attached hydrogens (tertiary/aromatic N) is 1. The molecule has 39 heavy (non-hydrogen) atoms. The van der Waals surface area contributed by atoms with Gasteiger partial charge in [-0.1, -0.05) is 29.8 Å². The number of ether oxygens (including phenoxy) is 1. The van der Waals surface area contributed by atoms with Crippen molar-refractivity contribution in [1.29, 1.82) is 0 Å². The van der Waals surface area contributed by atoms with Gasteiger partial charge in [0.1, 0.15) is 5.52 Å². The number of anilines is 3. The summed E-state index contributed by atoms with van der Waals surface area (Å²) in [5.74, 6) is -1.15. The number of alkyl halides is 3. The fourth-order valence-electron chi connectivity index (χ4n) is 3.93. The first-order valence-corrected chi connectivity index (χ1v) is 12.3. The molecule has 0 atom stereocenters. The molecular weight excluding hydrogens is 535 g/mol. The summed E-state index contributed by atoms with van der Waals surface area (Å²) in [6.45, 7) is 2.82. The lowest BCUT2D eigenvalue weighted by molar-refractivity contribution is -0.137. The molecule has 3 aromatic carbocycles. The van der Waals surface area contributed by atoms with E-state index >= 15 is 0 Å². The van der Waals surface area contributed by atoms with Crippen LogP contribution in [-0.2, 0) is 10.9 Å². The zero-order valence-electron chi connectivity index (χ0n) is 21.0. The minimum atomic E-state index is -4.72. The minimum Gasteiger partial charge on any atom is -0.385 e. The minimum absolute atomic E-state index is 0.0903. The summed E-state index contributed by atoms with van der Waals surface area (Å²) >= 11 is 6.18. The Labute approximate surface area is 226 Å². The second kappa shape index (κ2) is 11.7. The van der Waals surface area contributed by atoms with Crippen molar-refractivity contribution in [2.24, 2.45) is 0 Å². The molecule has 0 saturated carbocycles. The Bertz CT molecular complexity index is 1520. The second-order valence-corrected chi connectivity index (χ2v) is 9.05. The Morgan fingerprint density at radius 3 is 2.51 bits per heavy atom. The molecular formula is C27H25ClF3N5O3.